The van der Waals surface area contributed by atoms with Gasteiger partial charge >= 0.3 is 0 Å². The summed E-state index contributed by atoms with van der Waals surface area (Å²) < 4.78 is 7.13. The van der Waals surface area contributed by atoms with Gasteiger partial charge in [-0.05, 0) is 48.4 Å². The largest absolute Gasteiger partial charge is 0.497 e. The molecule has 8 heteroatoms. The van der Waals surface area contributed by atoms with Crippen molar-refractivity contribution in [1.82, 2.24) is 14.5 Å². The molecule has 6 nitrogen and oxygen atoms in total. The van der Waals surface area contributed by atoms with Gasteiger partial charge in [-0.3, -0.25) is 14.3 Å². The third-order valence-electron chi connectivity index (χ3n) is 6.11. The van der Waals surface area contributed by atoms with E-state index in [0.29, 0.717) is 22.2 Å². The van der Waals surface area contributed by atoms with Crippen LogP contribution < -0.4 is 10.3 Å². The Morgan fingerprint density at radius 3 is 2.88 bits per heavy atom. The van der Waals surface area contributed by atoms with Crippen molar-refractivity contribution in [3.05, 3.63) is 80.5 Å². The van der Waals surface area contributed by atoms with Gasteiger partial charge in [0.2, 0.25) is 0 Å². The Bertz CT molecular complexity index is 1470. The van der Waals surface area contributed by atoms with E-state index in [0.717, 1.165) is 53.1 Å². The van der Waals surface area contributed by atoms with Gasteiger partial charge in [-0.1, -0.05) is 36.9 Å². The van der Waals surface area contributed by atoms with Crippen molar-refractivity contribution in [2.24, 2.45) is 0 Å². The van der Waals surface area contributed by atoms with Crippen LogP contribution in [-0.4, -0.2) is 34.7 Å². The predicted molar refractivity (Wildman–Crippen MR) is 137 cm³/mol. The molecule has 0 saturated carbocycles. The molecule has 4 aromatic rings. The number of thiophene rings is 1. The van der Waals surface area contributed by atoms with Crippen LogP contribution in [0.1, 0.15) is 28.5 Å². The first kappa shape index (κ1) is 22.7. The van der Waals surface area contributed by atoms with Crippen molar-refractivity contribution in [3.8, 4) is 17.5 Å². The van der Waals surface area contributed by atoms with Crippen molar-refractivity contribution in [1.29, 1.82) is 5.26 Å². The molecular weight excluding hydrogens is 464 g/mol. The van der Waals surface area contributed by atoms with E-state index in [1.807, 2.05) is 42.5 Å². The molecule has 34 heavy (non-hydrogen) atoms. The summed E-state index contributed by atoms with van der Waals surface area (Å²) in [7, 11) is 1.62. The number of fused-ring (bicyclic) bond motifs is 3. The highest BCUT2D eigenvalue weighted by Crippen LogP contribution is 2.35. The monoisotopic (exact) mass is 488 g/mol. The third kappa shape index (κ3) is 4.23. The van der Waals surface area contributed by atoms with E-state index < -0.39 is 0 Å². The number of ether oxygens (including phenoxy) is 1. The van der Waals surface area contributed by atoms with E-state index in [1.165, 1.54) is 16.6 Å². The number of methoxy groups -OCH3 is 1. The first-order chi connectivity index (χ1) is 16.6. The minimum absolute atomic E-state index is 0.0334. The number of hydrogen-bond acceptors (Lipinski definition) is 7. The average molecular weight is 489 g/mol. The number of likely N-dealkylation sites (N-methyl/N-ethyl adjacent to an activating group) is 1. The molecule has 0 unspecified atom stereocenters. The van der Waals surface area contributed by atoms with E-state index in [9.17, 15) is 10.1 Å². The molecule has 1 aliphatic heterocycles. The lowest BCUT2D eigenvalue weighted by Crippen LogP contribution is -2.30. The summed E-state index contributed by atoms with van der Waals surface area (Å²) in [6.45, 7) is 5.00. The van der Waals surface area contributed by atoms with Crippen molar-refractivity contribution in [2.75, 3.05) is 20.2 Å². The molecule has 0 bridgehead atoms. The Kier molecular flexibility index (Phi) is 6.42. The van der Waals surface area contributed by atoms with E-state index >= 15 is 0 Å². The number of benzene rings is 2. The smallest absolute Gasteiger partial charge is 0.267 e. The molecule has 0 fully saturated rings. The third-order valence-corrected chi connectivity index (χ3v) is 8.23. The van der Waals surface area contributed by atoms with Gasteiger partial charge in [-0.25, -0.2) is 4.98 Å². The maximum atomic E-state index is 14.0. The van der Waals surface area contributed by atoms with Gasteiger partial charge in [0.25, 0.3) is 5.56 Å². The predicted octanol–water partition coefficient (Wildman–Crippen LogP) is 5.00. The fourth-order valence-electron chi connectivity index (χ4n) is 4.30. The molecule has 0 radical (unpaired) electrons. The van der Waals surface area contributed by atoms with Crippen LogP contribution in [0, 0.1) is 11.3 Å². The fourth-order valence-corrected chi connectivity index (χ4v) is 6.56. The minimum atomic E-state index is -0.0334. The number of thioether (sulfide) groups is 1. The van der Waals surface area contributed by atoms with Crippen LogP contribution in [0.25, 0.3) is 15.9 Å². The molecule has 172 valence electrons. The Morgan fingerprint density at radius 2 is 2.09 bits per heavy atom. The number of nitrogens with zero attached hydrogens (tertiary/aromatic N) is 4. The number of rotatable bonds is 6. The summed E-state index contributed by atoms with van der Waals surface area (Å²) in [5.41, 5.74) is 3.49. The number of nitriles is 1. The zero-order valence-corrected chi connectivity index (χ0v) is 20.7. The first-order valence-corrected chi connectivity index (χ1v) is 13.0. The normalized spacial score (nSPS) is 13.6. The lowest BCUT2D eigenvalue weighted by molar-refractivity contribution is 0.272. The second-order valence-electron chi connectivity index (χ2n) is 8.14. The van der Waals surface area contributed by atoms with Gasteiger partial charge in [0, 0.05) is 29.8 Å². The average Bonchev–Trinajstić information content (AvgIpc) is 3.25. The summed E-state index contributed by atoms with van der Waals surface area (Å²) in [6, 6.07) is 17.3. The standard InChI is InChI=1S/C26H24N4O2S2/c1-3-29-11-10-21-22(15-29)34-24-23(21)25(31)30(19-8-5-9-20(13-19)32-2)26(28-24)33-16-18-7-4-6-17(12-18)14-27/h4-9,12-13H,3,10-11,15-16H2,1-2H3. The summed E-state index contributed by atoms with van der Waals surface area (Å²) in [5, 5.41) is 10.6. The van der Waals surface area contributed by atoms with Crippen molar-refractivity contribution < 1.29 is 4.74 Å². The van der Waals surface area contributed by atoms with E-state index in [1.54, 1.807) is 29.1 Å². The molecule has 2 aromatic carbocycles. The first-order valence-electron chi connectivity index (χ1n) is 11.2. The second kappa shape index (κ2) is 9.63. The van der Waals surface area contributed by atoms with Crippen LogP contribution in [0.3, 0.4) is 0 Å². The molecule has 0 amide bonds. The molecular formula is C26H24N4O2S2. The highest BCUT2D eigenvalue weighted by Gasteiger charge is 2.25. The summed E-state index contributed by atoms with van der Waals surface area (Å²) in [6.07, 6.45) is 0.867. The van der Waals surface area contributed by atoms with Gasteiger partial charge in [-0.2, -0.15) is 5.26 Å². The maximum absolute atomic E-state index is 14.0. The van der Waals surface area contributed by atoms with Crippen LogP contribution in [0.15, 0.2) is 58.5 Å². The number of hydrogen-bond donors (Lipinski definition) is 0. The van der Waals surface area contributed by atoms with Crippen LogP contribution in [0.5, 0.6) is 5.75 Å². The van der Waals surface area contributed by atoms with Gasteiger partial charge in [0.05, 0.1) is 29.8 Å². The van der Waals surface area contributed by atoms with Crippen molar-refractivity contribution in [2.45, 2.75) is 30.8 Å². The van der Waals surface area contributed by atoms with E-state index in [4.69, 9.17) is 9.72 Å². The Morgan fingerprint density at radius 1 is 1.24 bits per heavy atom. The molecule has 0 aliphatic carbocycles. The Balaban J connectivity index is 1.64. The molecule has 3 heterocycles. The second-order valence-corrected chi connectivity index (χ2v) is 10.2. The molecule has 2 aromatic heterocycles. The van der Waals surface area contributed by atoms with Crippen LogP contribution in [-0.2, 0) is 18.7 Å². The minimum Gasteiger partial charge on any atom is -0.497 e. The zero-order valence-electron chi connectivity index (χ0n) is 19.1. The lowest BCUT2D eigenvalue weighted by Gasteiger charge is -2.25. The summed E-state index contributed by atoms with van der Waals surface area (Å²) >= 11 is 3.14. The summed E-state index contributed by atoms with van der Waals surface area (Å²) in [5.74, 6) is 1.29. The highest BCUT2D eigenvalue weighted by molar-refractivity contribution is 7.98. The quantitative estimate of drug-likeness (QED) is 0.281. The number of aromatic nitrogens is 2. The van der Waals surface area contributed by atoms with Crippen LogP contribution in [0.4, 0.5) is 0 Å². The lowest BCUT2D eigenvalue weighted by atomic mass is 10.1. The molecule has 0 N–H and O–H groups in total. The maximum Gasteiger partial charge on any atom is 0.267 e. The van der Waals surface area contributed by atoms with Crippen molar-refractivity contribution >= 4 is 33.3 Å². The fraction of sp³-hybridized carbons (Fsp3) is 0.269. The van der Waals surface area contributed by atoms with Gasteiger partial charge in [0.1, 0.15) is 10.6 Å². The summed E-state index contributed by atoms with van der Waals surface area (Å²) in [4.78, 5) is 23.4. The topological polar surface area (TPSA) is 71.2 Å². The molecule has 0 atom stereocenters. The molecule has 5 rings (SSSR count). The SMILES string of the molecule is CCN1CCc2c(sc3nc(SCc4cccc(C#N)c4)n(-c4cccc(OC)c4)c(=O)c23)C1. The van der Waals surface area contributed by atoms with Gasteiger partial charge < -0.3 is 4.74 Å². The van der Waals surface area contributed by atoms with Gasteiger partial charge in [-0.15, -0.1) is 11.3 Å². The van der Waals surface area contributed by atoms with Crippen LogP contribution in [0.2, 0.25) is 0 Å². The van der Waals surface area contributed by atoms with Gasteiger partial charge in [0.15, 0.2) is 5.16 Å². The Labute approximate surface area is 206 Å². The molecule has 0 saturated heterocycles. The molecule has 1 aliphatic rings. The van der Waals surface area contributed by atoms with Crippen molar-refractivity contribution in [3.63, 3.8) is 0 Å². The van der Waals surface area contributed by atoms with E-state index in [-0.39, 0.29) is 5.56 Å². The van der Waals surface area contributed by atoms with E-state index in [2.05, 4.69) is 17.9 Å². The highest BCUT2D eigenvalue weighted by atomic mass is 32.2. The zero-order chi connectivity index (χ0) is 23.7. The Hall–Kier alpha value is -3.12. The molecule has 0 spiro atoms. The van der Waals surface area contributed by atoms with Crippen LogP contribution >= 0.6 is 23.1 Å².